The molecule has 1 rings (SSSR count). The molecule has 0 aliphatic rings. The van der Waals surface area contributed by atoms with E-state index in [1.165, 1.54) is 5.56 Å². The second-order valence-corrected chi connectivity index (χ2v) is 4.28. The molecule has 0 aromatic heterocycles. The lowest BCUT2D eigenvalue weighted by atomic mass is 10.1. The Kier molecular flexibility index (Phi) is 8.02. The first-order chi connectivity index (χ1) is 9.31. The lowest BCUT2D eigenvalue weighted by Gasteiger charge is -2.12. The molecule has 108 valence electrons. The summed E-state index contributed by atoms with van der Waals surface area (Å²) in [6.07, 6.45) is 1.96. The molecular formula is C15H25NO3. The molecule has 0 saturated carbocycles. The minimum atomic E-state index is 0.682. The maximum absolute atomic E-state index is 5.74. The number of nitrogens with one attached hydrogen (secondary N) is 1. The Morgan fingerprint density at radius 2 is 1.89 bits per heavy atom. The second kappa shape index (κ2) is 9.64. The number of ether oxygens (including phenoxy) is 3. The minimum absolute atomic E-state index is 0.682. The minimum Gasteiger partial charge on any atom is -0.493 e. The van der Waals surface area contributed by atoms with Crippen molar-refractivity contribution in [3.8, 4) is 11.5 Å². The summed E-state index contributed by atoms with van der Waals surface area (Å²) in [7, 11) is 3.38. The van der Waals surface area contributed by atoms with Crippen LogP contribution in [-0.4, -0.2) is 40.5 Å². The summed E-state index contributed by atoms with van der Waals surface area (Å²) < 4.78 is 16.0. The highest BCUT2D eigenvalue weighted by atomic mass is 16.5. The van der Waals surface area contributed by atoms with Gasteiger partial charge in [0.15, 0.2) is 11.5 Å². The van der Waals surface area contributed by atoms with Gasteiger partial charge in [0, 0.05) is 13.7 Å². The highest BCUT2D eigenvalue weighted by molar-refractivity contribution is 5.42. The monoisotopic (exact) mass is 267 g/mol. The Balaban J connectivity index is 2.28. The molecule has 0 aliphatic carbocycles. The van der Waals surface area contributed by atoms with Crippen LogP contribution in [0, 0.1) is 0 Å². The topological polar surface area (TPSA) is 39.7 Å². The van der Waals surface area contributed by atoms with Gasteiger partial charge < -0.3 is 19.5 Å². The van der Waals surface area contributed by atoms with E-state index in [1.807, 2.05) is 12.1 Å². The molecular weight excluding hydrogens is 242 g/mol. The van der Waals surface area contributed by atoms with Gasteiger partial charge in [-0.05, 0) is 37.1 Å². The Morgan fingerprint density at radius 3 is 2.58 bits per heavy atom. The highest BCUT2D eigenvalue weighted by Crippen LogP contribution is 2.28. The van der Waals surface area contributed by atoms with Crippen molar-refractivity contribution in [2.24, 2.45) is 0 Å². The molecule has 0 saturated heterocycles. The van der Waals surface area contributed by atoms with E-state index in [0.29, 0.717) is 6.61 Å². The van der Waals surface area contributed by atoms with Gasteiger partial charge in [0.2, 0.25) is 0 Å². The lowest BCUT2D eigenvalue weighted by Crippen LogP contribution is -2.21. The summed E-state index contributed by atoms with van der Waals surface area (Å²) in [6.45, 7) is 5.36. The Bertz CT molecular complexity index is 355. The third kappa shape index (κ3) is 5.94. The van der Waals surface area contributed by atoms with Crippen LogP contribution in [0.1, 0.15) is 18.9 Å². The molecule has 4 heteroatoms. The van der Waals surface area contributed by atoms with E-state index in [4.69, 9.17) is 14.2 Å². The first-order valence-electron chi connectivity index (χ1n) is 6.81. The number of hydrogen-bond donors (Lipinski definition) is 1. The maximum Gasteiger partial charge on any atom is 0.161 e. The number of benzene rings is 1. The molecule has 0 radical (unpaired) electrons. The summed E-state index contributed by atoms with van der Waals surface area (Å²) in [4.78, 5) is 0. The van der Waals surface area contributed by atoms with Crippen LogP contribution in [0.5, 0.6) is 11.5 Å². The second-order valence-electron chi connectivity index (χ2n) is 4.28. The standard InChI is InChI=1S/C15H25NO3/c1-4-13-6-7-14(15(12-13)18-3)19-10-5-8-16-9-11-17-2/h6-7,12,16H,4-5,8-11H2,1-3H3. The van der Waals surface area contributed by atoms with Gasteiger partial charge >= 0.3 is 0 Å². The normalized spacial score (nSPS) is 10.5. The quantitative estimate of drug-likeness (QED) is 0.660. The van der Waals surface area contributed by atoms with Crippen LogP contribution in [-0.2, 0) is 11.2 Å². The van der Waals surface area contributed by atoms with Gasteiger partial charge in [0.25, 0.3) is 0 Å². The van der Waals surface area contributed by atoms with Crippen molar-refractivity contribution in [3.05, 3.63) is 23.8 Å². The van der Waals surface area contributed by atoms with Crippen LogP contribution in [0.2, 0.25) is 0 Å². The Labute approximate surface area is 116 Å². The van der Waals surface area contributed by atoms with Gasteiger partial charge in [-0.2, -0.15) is 0 Å². The van der Waals surface area contributed by atoms with Gasteiger partial charge in [-0.25, -0.2) is 0 Å². The summed E-state index contributed by atoms with van der Waals surface area (Å²) in [5.74, 6) is 1.63. The summed E-state index contributed by atoms with van der Waals surface area (Å²) >= 11 is 0. The Morgan fingerprint density at radius 1 is 1.05 bits per heavy atom. The summed E-state index contributed by atoms with van der Waals surface area (Å²) in [5, 5.41) is 3.28. The third-order valence-corrected chi connectivity index (χ3v) is 2.87. The van der Waals surface area contributed by atoms with Crippen LogP contribution < -0.4 is 14.8 Å². The van der Waals surface area contributed by atoms with Crippen LogP contribution in [0.25, 0.3) is 0 Å². The van der Waals surface area contributed by atoms with E-state index >= 15 is 0 Å². The molecule has 0 amide bonds. The maximum atomic E-state index is 5.74. The SMILES string of the molecule is CCc1ccc(OCCCNCCOC)c(OC)c1. The zero-order chi connectivity index (χ0) is 13.9. The van der Waals surface area contributed by atoms with Gasteiger partial charge in [0.1, 0.15) is 0 Å². The van der Waals surface area contributed by atoms with Crippen molar-refractivity contribution in [2.45, 2.75) is 19.8 Å². The lowest BCUT2D eigenvalue weighted by molar-refractivity contribution is 0.198. The molecule has 0 spiro atoms. The fourth-order valence-electron chi connectivity index (χ4n) is 1.73. The van der Waals surface area contributed by atoms with E-state index < -0.39 is 0 Å². The van der Waals surface area contributed by atoms with E-state index in [-0.39, 0.29) is 0 Å². The molecule has 0 aliphatic heterocycles. The van der Waals surface area contributed by atoms with Crippen molar-refractivity contribution in [2.75, 3.05) is 40.5 Å². The van der Waals surface area contributed by atoms with E-state index in [2.05, 4.69) is 18.3 Å². The summed E-state index contributed by atoms with van der Waals surface area (Å²) in [5.41, 5.74) is 1.26. The average molecular weight is 267 g/mol. The van der Waals surface area contributed by atoms with Crippen LogP contribution in [0.4, 0.5) is 0 Å². The highest BCUT2D eigenvalue weighted by Gasteiger charge is 2.04. The predicted molar refractivity (Wildman–Crippen MR) is 77.2 cm³/mol. The average Bonchev–Trinajstić information content (AvgIpc) is 2.46. The van der Waals surface area contributed by atoms with Crippen molar-refractivity contribution >= 4 is 0 Å². The number of rotatable bonds is 10. The molecule has 0 fully saturated rings. The van der Waals surface area contributed by atoms with Crippen LogP contribution in [0.15, 0.2) is 18.2 Å². The third-order valence-electron chi connectivity index (χ3n) is 2.87. The van der Waals surface area contributed by atoms with Crippen molar-refractivity contribution in [1.29, 1.82) is 0 Å². The fourth-order valence-corrected chi connectivity index (χ4v) is 1.73. The fraction of sp³-hybridized carbons (Fsp3) is 0.600. The predicted octanol–water partition coefficient (Wildman–Crippen LogP) is 2.26. The van der Waals surface area contributed by atoms with Crippen molar-refractivity contribution in [3.63, 3.8) is 0 Å². The molecule has 4 nitrogen and oxygen atoms in total. The molecule has 1 aromatic rings. The van der Waals surface area contributed by atoms with E-state index in [9.17, 15) is 0 Å². The van der Waals surface area contributed by atoms with Gasteiger partial charge in [-0.3, -0.25) is 0 Å². The first kappa shape index (κ1) is 15.8. The molecule has 0 bridgehead atoms. The molecule has 0 atom stereocenters. The van der Waals surface area contributed by atoms with E-state index in [1.54, 1.807) is 14.2 Å². The zero-order valence-corrected chi connectivity index (χ0v) is 12.2. The molecule has 19 heavy (non-hydrogen) atoms. The number of aryl methyl sites for hydroxylation is 1. The van der Waals surface area contributed by atoms with Gasteiger partial charge in [0.05, 0.1) is 20.3 Å². The molecule has 1 N–H and O–H groups in total. The van der Waals surface area contributed by atoms with Crippen LogP contribution >= 0.6 is 0 Å². The van der Waals surface area contributed by atoms with Gasteiger partial charge in [-0.15, -0.1) is 0 Å². The number of hydrogen-bond acceptors (Lipinski definition) is 4. The smallest absolute Gasteiger partial charge is 0.161 e. The summed E-state index contributed by atoms with van der Waals surface area (Å²) in [6, 6.07) is 6.09. The van der Waals surface area contributed by atoms with Crippen molar-refractivity contribution < 1.29 is 14.2 Å². The zero-order valence-electron chi connectivity index (χ0n) is 12.2. The largest absolute Gasteiger partial charge is 0.493 e. The van der Waals surface area contributed by atoms with Crippen LogP contribution in [0.3, 0.4) is 0 Å². The first-order valence-corrected chi connectivity index (χ1v) is 6.81. The van der Waals surface area contributed by atoms with Crippen molar-refractivity contribution in [1.82, 2.24) is 5.32 Å². The molecule has 0 heterocycles. The van der Waals surface area contributed by atoms with E-state index in [0.717, 1.165) is 44.0 Å². The molecule has 0 unspecified atom stereocenters. The van der Waals surface area contributed by atoms with Gasteiger partial charge in [-0.1, -0.05) is 13.0 Å². The Hall–Kier alpha value is -1.26. The number of methoxy groups -OCH3 is 2. The molecule has 1 aromatic carbocycles.